The molecule has 2 aromatic rings. The highest BCUT2D eigenvalue weighted by Gasteiger charge is 2.38. The first-order valence-corrected chi connectivity index (χ1v) is 9.43. The summed E-state index contributed by atoms with van der Waals surface area (Å²) in [4.78, 5) is 26.7. The van der Waals surface area contributed by atoms with Crippen LogP contribution in [0.3, 0.4) is 0 Å². The molecule has 1 heterocycles. The van der Waals surface area contributed by atoms with Crippen LogP contribution in [-0.4, -0.2) is 49.6 Å². The normalized spacial score (nSPS) is 19.0. The molecule has 1 aliphatic rings. The topological polar surface area (TPSA) is 67.9 Å². The van der Waals surface area contributed by atoms with Crippen LogP contribution in [0.25, 0.3) is 0 Å². The molecular formula is C22H25FN2O4. The van der Waals surface area contributed by atoms with Crippen molar-refractivity contribution in [2.45, 2.75) is 32.0 Å². The highest BCUT2D eigenvalue weighted by atomic mass is 19.1. The van der Waals surface area contributed by atoms with E-state index in [9.17, 15) is 14.0 Å². The first kappa shape index (κ1) is 20.8. The van der Waals surface area contributed by atoms with Crippen molar-refractivity contribution in [3.63, 3.8) is 0 Å². The summed E-state index contributed by atoms with van der Waals surface area (Å²) in [6.07, 6.45) is 0.433. The van der Waals surface area contributed by atoms with E-state index in [1.165, 1.54) is 25.3 Å². The van der Waals surface area contributed by atoms with Gasteiger partial charge >= 0.3 is 5.97 Å². The third-order valence-corrected chi connectivity index (χ3v) is 5.14. The Labute approximate surface area is 169 Å². The van der Waals surface area contributed by atoms with Crippen LogP contribution in [0.5, 0.6) is 5.75 Å². The maximum atomic E-state index is 13.4. The molecule has 1 saturated heterocycles. The largest absolute Gasteiger partial charge is 0.496 e. The van der Waals surface area contributed by atoms with Crippen molar-refractivity contribution in [3.8, 4) is 5.75 Å². The number of amides is 1. The highest BCUT2D eigenvalue weighted by Crippen LogP contribution is 2.25. The number of likely N-dealkylation sites (tertiary alicyclic amines) is 1. The molecule has 1 amide bonds. The van der Waals surface area contributed by atoms with Gasteiger partial charge in [-0.25, -0.2) is 4.39 Å². The van der Waals surface area contributed by atoms with Gasteiger partial charge < -0.3 is 14.8 Å². The zero-order valence-corrected chi connectivity index (χ0v) is 16.8. The molecule has 0 aliphatic carbocycles. The average Bonchev–Trinajstić information content (AvgIpc) is 3.09. The number of carbonyl (C=O) groups is 2. The van der Waals surface area contributed by atoms with Gasteiger partial charge in [0.1, 0.15) is 17.6 Å². The Hall–Kier alpha value is -2.93. The molecule has 0 aromatic heterocycles. The van der Waals surface area contributed by atoms with Crippen LogP contribution in [0.15, 0.2) is 42.5 Å². The fourth-order valence-electron chi connectivity index (χ4n) is 3.74. The van der Waals surface area contributed by atoms with Crippen LogP contribution in [0.1, 0.15) is 27.9 Å². The molecule has 0 bridgehead atoms. The zero-order chi connectivity index (χ0) is 21.0. The van der Waals surface area contributed by atoms with Gasteiger partial charge in [-0.05, 0) is 48.7 Å². The first-order valence-electron chi connectivity index (χ1n) is 9.43. The summed E-state index contributed by atoms with van der Waals surface area (Å²) < 4.78 is 23.6. The van der Waals surface area contributed by atoms with Crippen LogP contribution in [0.2, 0.25) is 0 Å². The fourth-order valence-corrected chi connectivity index (χ4v) is 3.74. The van der Waals surface area contributed by atoms with E-state index < -0.39 is 11.9 Å². The number of hydrogen-bond donors (Lipinski definition) is 1. The van der Waals surface area contributed by atoms with Gasteiger partial charge in [0.05, 0.1) is 14.2 Å². The lowest BCUT2D eigenvalue weighted by atomic mass is 10.1. The van der Waals surface area contributed by atoms with Gasteiger partial charge in [0.15, 0.2) is 0 Å². The molecule has 0 unspecified atom stereocenters. The van der Waals surface area contributed by atoms with E-state index in [-0.39, 0.29) is 23.5 Å². The molecule has 154 valence electrons. The summed E-state index contributed by atoms with van der Waals surface area (Å²) in [5.74, 6) is -0.356. The number of nitrogens with zero attached hydrogens (tertiary/aromatic N) is 1. The Kier molecular flexibility index (Phi) is 6.49. The Morgan fingerprint density at radius 1 is 1.21 bits per heavy atom. The summed E-state index contributed by atoms with van der Waals surface area (Å²) in [5.41, 5.74) is 2.30. The van der Waals surface area contributed by atoms with Crippen LogP contribution < -0.4 is 10.1 Å². The van der Waals surface area contributed by atoms with Gasteiger partial charge in [0, 0.05) is 24.7 Å². The second kappa shape index (κ2) is 9.05. The number of esters is 1. The summed E-state index contributed by atoms with van der Waals surface area (Å²) in [7, 11) is 2.98. The smallest absolute Gasteiger partial charge is 0.323 e. The number of halogens is 1. The Morgan fingerprint density at radius 3 is 2.66 bits per heavy atom. The average molecular weight is 400 g/mol. The van der Waals surface area contributed by atoms with E-state index in [2.05, 4.69) is 5.32 Å². The van der Waals surface area contributed by atoms with Gasteiger partial charge in [0.25, 0.3) is 5.91 Å². The molecule has 6 nitrogen and oxygen atoms in total. The molecule has 1 aliphatic heterocycles. The lowest BCUT2D eigenvalue weighted by Crippen LogP contribution is -2.37. The summed E-state index contributed by atoms with van der Waals surface area (Å²) in [6.45, 7) is 2.99. The van der Waals surface area contributed by atoms with Gasteiger partial charge in [-0.15, -0.1) is 0 Å². The third-order valence-electron chi connectivity index (χ3n) is 5.14. The number of benzene rings is 2. The molecule has 1 N–H and O–H groups in total. The van der Waals surface area contributed by atoms with E-state index in [4.69, 9.17) is 9.47 Å². The number of nitrogens with one attached hydrogen (secondary N) is 1. The van der Waals surface area contributed by atoms with Gasteiger partial charge in [-0.1, -0.05) is 18.2 Å². The second-order valence-electron chi connectivity index (χ2n) is 7.19. The zero-order valence-electron chi connectivity index (χ0n) is 16.8. The minimum Gasteiger partial charge on any atom is -0.496 e. The summed E-state index contributed by atoms with van der Waals surface area (Å²) in [5, 5.41) is 2.90. The summed E-state index contributed by atoms with van der Waals surface area (Å²) >= 11 is 0. The van der Waals surface area contributed by atoms with E-state index in [0.29, 0.717) is 19.5 Å². The predicted molar refractivity (Wildman–Crippen MR) is 106 cm³/mol. The molecule has 0 spiro atoms. The number of ether oxygens (including phenoxy) is 2. The molecular weight excluding hydrogens is 375 g/mol. The standard InChI is InChI=1S/C22H25FN2O4/c1-14-9-15(7-8-20(14)28-2)12-25-13-18(11-19(25)22(27)29-3)24-21(26)16-5-4-6-17(23)10-16/h4-10,18-19H,11-13H2,1-3H3,(H,24,26)/t18-,19+/m1/s1. The van der Waals surface area contributed by atoms with Crippen molar-refractivity contribution in [2.24, 2.45) is 0 Å². The van der Waals surface area contributed by atoms with Crippen molar-refractivity contribution < 1.29 is 23.5 Å². The van der Waals surface area contributed by atoms with Crippen LogP contribution >= 0.6 is 0 Å². The lowest BCUT2D eigenvalue weighted by Gasteiger charge is -2.22. The Morgan fingerprint density at radius 2 is 2.00 bits per heavy atom. The molecule has 2 atom stereocenters. The number of methoxy groups -OCH3 is 2. The molecule has 3 rings (SSSR count). The number of carbonyl (C=O) groups excluding carboxylic acids is 2. The summed E-state index contributed by atoms with van der Waals surface area (Å²) in [6, 6.07) is 10.7. The minimum absolute atomic E-state index is 0.241. The van der Waals surface area contributed by atoms with Gasteiger partial charge in [0.2, 0.25) is 0 Å². The number of hydrogen-bond acceptors (Lipinski definition) is 5. The van der Waals surface area contributed by atoms with Crippen LogP contribution in [0, 0.1) is 12.7 Å². The van der Waals surface area contributed by atoms with Crippen molar-refractivity contribution in [3.05, 3.63) is 65.0 Å². The molecule has 2 aromatic carbocycles. The molecule has 0 radical (unpaired) electrons. The Bertz CT molecular complexity index is 902. The number of aryl methyl sites for hydroxylation is 1. The van der Waals surface area contributed by atoms with Crippen molar-refractivity contribution in [1.29, 1.82) is 0 Å². The van der Waals surface area contributed by atoms with Crippen LogP contribution in [-0.2, 0) is 16.1 Å². The van der Waals surface area contributed by atoms with E-state index in [0.717, 1.165) is 16.9 Å². The molecule has 1 fully saturated rings. The quantitative estimate of drug-likeness (QED) is 0.756. The fraction of sp³-hybridized carbons (Fsp3) is 0.364. The minimum atomic E-state index is -0.465. The van der Waals surface area contributed by atoms with E-state index in [1.54, 1.807) is 13.2 Å². The predicted octanol–water partition coefficient (Wildman–Crippen LogP) is 2.69. The second-order valence-corrected chi connectivity index (χ2v) is 7.19. The third kappa shape index (κ3) is 4.92. The monoisotopic (exact) mass is 400 g/mol. The first-order chi connectivity index (χ1) is 13.9. The van der Waals surface area contributed by atoms with Crippen molar-refractivity contribution in [1.82, 2.24) is 10.2 Å². The maximum Gasteiger partial charge on any atom is 0.323 e. The molecule has 7 heteroatoms. The lowest BCUT2D eigenvalue weighted by molar-refractivity contribution is -0.146. The van der Waals surface area contributed by atoms with E-state index >= 15 is 0 Å². The SMILES string of the molecule is COC(=O)[C@@H]1C[C@@H](NC(=O)c2cccc(F)c2)CN1Cc1ccc(OC)c(C)c1. The van der Waals surface area contributed by atoms with Crippen LogP contribution in [0.4, 0.5) is 4.39 Å². The van der Waals surface area contributed by atoms with Crippen molar-refractivity contribution >= 4 is 11.9 Å². The van der Waals surface area contributed by atoms with Crippen molar-refractivity contribution in [2.75, 3.05) is 20.8 Å². The maximum absolute atomic E-state index is 13.4. The van der Waals surface area contributed by atoms with Gasteiger partial charge in [-0.3, -0.25) is 14.5 Å². The molecule has 29 heavy (non-hydrogen) atoms. The van der Waals surface area contributed by atoms with E-state index in [1.807, 2.05) is 30.0 Å². The highest BCUT2D eigenvalue weighted by molar-refractivity contribution is 5.94. The Balaban J connectivity index is 1.72. The molecule has 0 saturated carbocycles. The number of rotatable bonds is 6. The van der Waals surface area contributed by atoms with Gasteiger partial charge in [-0.2, -0.15) is 0 Å².